The van der Waals surface area contributed by atoms with Crippen LogP contribution in [0.4, 0.5) is 10.2 Å². The Hall–Kier alpha value is -1.93. The third kappa shape index (κ3) is 9.18. The molecule has 36 heavy (non-hydrogen) atoms. The summed E-state index contributed by atoms with van der Waals surface area (Å²) in [6, 6.07) is 1.50. The van der Waals surface area contributed by atoms with Gasteiger partial charge >= 0.3 is 5.69 Å². The Labute approximate surface area is 217 Å². The number of hydrogen-bond donors (Lipinski definition) is 2. The number of alkyl halides is 1. The van der Waals surface area contributed by atoms with Crippen LogP contribution in [0.2, 0.25) is 0 Å². The van der Waals surface area contributed by atoms with Crippen molar-refractivity contribution in [1.29, 1.82) is 1.43 Å². The van der Waals surface area contributed by atoms with E-state index in [0.29, 0.717) is 13.0 Å². The highest BCUT2D eigenvalue weighted by atomic mass is 31.2. The Bertz CT molecular complexity index is 969. The molecule has 1 amide bonds. The lowest BCUT2D eigenvalue weighted by Crippen LogP contribution is -2.38. The highest BCUT2D eigenvalue weighted by Crippen LogP contribution is 2.50. The van der Waals surface area contributed by atoms with Gasteiger partial charge in [0.1, 0.15) is 11.9 Å². The largest absolute Gasteiger partial charge is 0.400 e. The van der Waals surface area contributed by atoms with Crippen molar-refractivity contribution >= 4 is 20.3 Å². The van der Waals surface area contributed by atoms with Crippen LogP contribution >= 0.6 is 8.53 Å². The summed E-state index contributed by atoms with van der Waals surface area (Å²) in [4.78, 5) is 27.5. The van der Waals surface area contributed by atoms with Gasteiger partial charge in [-0.25, -0.2) is 13.9 Å². The first-order chi connectivity index (χ1) is 18.0. The van der Waals surface area contributed by atoms with Gasteiger partial charge < -0.3 is 24.2 Å². The van der Waals surface area contributed by atoms with E-state index in [1.165, 1.54) is 26.3 Å². The highest BCUT2D eigenvalue weighted by Gasteiger charge is 2.47. The van der Waals surface area contributed by atoms with E-state index in [2.05, 4.69) is 27.3 Å². The molecule has 12 heteroatoms. The first-order valence-corrected chi connectivity index (χ1v) is 12.9. The summed E-state index contributed by atoms with van der Waals surface area (Å²) in [6.07, 6.45) is -2.51. The van der Waals surface area contributed by atoms with Crippen LogP contribution < -0.4 is 11.0 Å². The zero-order chi connectivity index (χ0) is 28.8. The molecule has 204 valence electrons. The molecule has 2 heterocycles. The van der Waals surface area contributed by atoms with Crippen LogP contribution in [0.25, 0.3) is 0 Å². The Morgan fingerprint density at radius 1 is 1.47 bits per heavy atom. The predicted octanol–water partition coefficient (Wildman–Crippen LogP) is 3.62. The van der Waals surface area contributed by atoms with Crippen LogP contribution in [0, 0.1) is 11.8 Å². The number of amides is 1. The van der Waals surface area contributed by atoms with E-state index in [1.807, 2.05) is 39.3 Å². The Balaban J connectivity index is 0.00000229. The van der Waals surface area contributed by atoms with Gasteiger partial charge in [-0.3, -0.25) is 9.36 Å². The van der Waals surface area contributed by atoms with Crippen molar-refractivity contribution in [3.05, 3.63) is 22.7 Å². The molecule has 1 saturated heterocycles. The summed E-state index contributed by atoms with van der Waals surface area (Å²) in [5.41, 5.74) is -0.785. The number of nitrogens with zero attached hydrogens (tertiary/aromatic N) is 3. The van der Waals surface area contributed by atoms with E-state index in [0.717, 1.165) is 11.0 Å². The zero-order valence-corrected chi connectivity index (χ0v) is 23.0. The van der Waals surface area contributed by atoms with Gasteiger partial charge in [-0.1, -0.05) is 6.92 Å². The number of aliphatic hydroxyl groups is 1. The van der Waals surface area contributed by atoms with Crippen molar-refractivity contribution in [3.63, 3.8) is 0 Å². The van der Waals surface area contributed by atoms with Crippen LogP contribution in [-0.2, 0) is 18.6 Å². The minimum Gasteiger partial charge on any atom is -0.400 e. The molecule has 0 saturated carbocycles. The number of carbonyl (C=O) groups is 1. The van der Waals surface area contributed by atoms with E-state index >= 15 is 4.39 Å². The molecule has 1 fully saturated rings. The van der Waals surface area contributed by atoms with E-state index in [1.54, 1.807) is 0 Å². The predicted molar refractivity (Wildman–Crippen MR) is 138 cm³/mol. The molecule has 0 radical (unpaired) electrons. The van der Waals surface area contributed by atoms with Crippen molar-refractivity contribution in [2.24, 2.45) is 0 Å². The monoisotopic (exact) mass is 533 g/mol. The van der Waals surface area contributed by atoms with Crippen molar-refractivity contribution < 1.29 is 29.4 Å². The number of anilines is 1. The molecule has 1 aliphatic heterocycles. The van der Waals surface area contributed by atoms with Gasteiger partial charge in [-0.05, 0) is 40.7 Å². The lowest BCUT2D eigenvalue weighted by atomic mass is 10.2. The lowest BCUT2D eigenvalue weighted by molar-refractivity contribution is -0.114. The van der Waals surface area contributed by atoms with Gasteiger partial charge in [-0.2, -0.15) is 4.98 Å². The molecule has 1 aromatic rings. The average Bonchev–Trinajstić information content (AvgIpc) is 3.13. The average molecular weight is 534 g/mol. The highest BCUT2D eigenvalue weighted by molar-refractivity contribution is 7.44. The summed E-state index contributed by atoms with van der Waals surface area (Å²) in [6.45, 7) is 11.3. The minimum absolute atomic E-state index is 0.0570. The van der Waals surface area contributed by atoms with Gasteiger partial charge in [0, 0.05) is 46.5 Å². The third-order valence-electron chi connectivity index (χ3n) is 4.86. The molecular weight excluding hydrogens is 490 g/mol. The summed E-state index contributed by atoms with van der Waals surface area (Å²) in [7, 11) is -0.401. The Kier molecular flexibility index (Phi) is 12.7. The van der Waals surface area contributed by atoms with Crippen molar-refractivity contribution in [1.82, 2.24) is 14.2 Å². The molecule has 1 aliphatic rings. The molecule has 0 aromatic carbocycles. The summed E-state index contributed by atoms with van der Waals surface area (Å²) < 4.78 is 50.3. The molecule has 5 atom stereocenters. The first kappa shape index (κ1) is 28.6. The fourth-order valence-electron chi connectivity index (χ4n) is 3.52. The summed E-state index contributed by atoms with van der Waals surface area (Å²) in [5, 5.41) is 5.91. The zero-order valence-electron chi connectivity index (χ0n) is 24.1. The molecule has 2 rings (SSSR count). The SMILES string of the molecule is [2H]CC1OC(n2ccc(NC(C)=O)nc2=O)C(F)C1OP(OCCC#CCC)N(C(C)C)C(C)C.[3H]OC. The van der Waals surface area contributed by atoms with Gasteiger partial charge in [0.05, 0.1) is 12.7 Å². The molecule has 0 spiro atoms. The minimum atomic E-state index is -1.74. The summed E-state index contributed by atoms with van der Waals surface area (Å²) in [5.74, 6) is 5.69. The van der Waals surface area contributed by atoms with E-state index in [4.69, 9.17) is 16.6 Å². The molecule has 2 N–H and O–H groups in total. The smallest absolute Gasteiger partial charge is 0.351 e. The number of nitrogens with one attached hydrogen (secondary N) is 1. The van der Waals surface area contributed by atoms with E-state index < -0.39 is 38.8 Å². The third-order valence-corrected chi connectivity index (χ3v) is 6.99. The second kappa shape index (κ2) is 16.0. The normalized spacial score (nSPS) is 22.9. The van der Waals surface area contributed by atoms with Crippen molar-refractivity contribution in [3.8, 4) is 11.8 Å². The number of aromatic nitrogens is 2. The Morgan fingerprint density at radius 2 is 2.14 bits per heavy atom. The number of ether oxygens (including phenoxy) is 1. The first-order valence-electron chi connectivity index (χ1n) is 12.9. The fourth-order valence-corrected chi connectivity index (χ4v) is 5.28. The van der Waals surface area contributed by atoms with Gasteiger partial charge in [0.15, 0.2) is 12.4 Å². The number of rotatable bonds is 10. The van der Waals surface area contributed by atoms with Crippen LogP contribution in [0.15, 0.2) is 17.1 Å². The van der Waals surface area contributed by atoms with Crippen LogP contribution in [0.5, 0.6) is 0 Å². The Morgan fingerprint density at radius 3 is 2.67 bits per heavy atom. The fraction of sp³-hybridized carbons (Fsp3) is 0.708. The maximum atomic E-state index is 15.7. The maximum Gasteiger partial charge on any atom is 0.351 e. The molecule has 10 nitrogen and oxygen atoms in total. The second-order valence-corrected chi connectivity index (χ2v) is 9.77. The maximum absolute atomic E-state index is 15.7. The van der Waals surface area contributed by atoms with Crippen LogP contribution in [0.1, 0.15) is 68.9 Å². The topological polar surface area (TPSA) is 115 Å². The standard InChI is InChI=1S/C23H36FN4O5P.CH4O/c1-8-9-10-11-14-31-34(28(15(2)3)16(4)5)33-21-17(6)32-22(20(21)24)27-13-12-19(25-18(7)29)26-23(27)30;1-2/h12-13,15-17,20-22H,8,11,14H2,1-7H3,(H,25,26,29,30);2H,1H3/i6D;2T. The molecular formula is C24H40FN4O6P. The second-order valence-electron chi connectivity index (χ2n) is 8.36. The number of halogens is 1. The van der Waals surface area contributed by atoms with Crippen LogP contribution in [0.3, 0.4) is 0 Å². The van der Waals surface area contributed by atoms with Crippen molar-refractivity contribution in [2.45, 2.75) is 98.0 Å². The number of aliphatic hydroxyl groups excluding tert-OH is 1. The number of carbonyl (C=O) groups excluding carboxylic acids is 1. The van der Waals surface area contributed by atoms with Crippen LogP contribution in [-0.4, -0.2) is 70.8 Å². The van der Waals surface area contributed by atoms with Gasteiger partial charge in [0.25, 0.3) is 8.53 Å². The van der Waals surface area contributed by atoms with Crippen molar-refractivity contribution in [2.75, 3.05) is 19.0 Å². The summed E-state index contributed by atoms with van der Waals surface area (Å²) >= 11 is 0. The quantitative estimate of drug-likeness (QED) is 0.266. The molecule has 1 aromatic heterocycles. The number of hydrogen-bond acceptors (Lipinski definition) is 8. The van der Waals surface area contributed by atoms with Gasteiger partial charge in [-0.15, -0.1) is 11.8 Å². The van der Waals surface area contributed by atoms with E-state index in [9.17, 15) is 9.59 Å². The van der Waals surface area contributed by atoms with E-state index in [-0.39, 0.29) is 30.7 Å². The lowest BCUT2D eigenvalue weighted by Gasteiger charge is -2.37. The molecule has 0 aliphatic carbocycles. The molecule has 0 bridgehead atoms. The molecule has 5 unspecified atom stereocenters. The van der Waals surface area contributed by atoms with Gasteiger partial charge in [0.2, 0.25) is 7.34 Å².